The minimum atomic E-state index is -0.839. The lowest BCUT2D eigenvalue weighted by atomic mass is 9.83. The molecule has 0 saturated heterocycles. The molecule has 3 rings (SSSR count). The molecule has 1 aliphatic heterocycles. The molecule has 0 bridgehead atoms. The minimum Gasteiger partial charge on any atom is -0.462 e. The van der Waals surface area contributed by atoms with E-state index in [4.69, 9.17) is 31.2 Å². The Hall–Kier alpha value is -2.73. The molecule has 2 N–H and O–H groups in total. The summed E-state index contributed by atoms with van der Waals surface area (Å²) >= 11 is 6.31. The molecule has 0 radical (unpaired) electrons. The van der Waals surface area contributed by atoms with Crippen molar-refractivity contribution in [1.29, 1.82) is 0 Å². The molecule has 6 nitrogen and oxygen atoms in total. The fraction of sp³-hybridized carbons (Fsp3) is 0.222. The van der Waals surface area contributed by atoms with Crippen LogP contribution in [0.2, 0.25) is 5.02 Å². The predicted octanol–water partition coefficient (Wildman–Crippen LogP) is 2.86. The molecule has 2 aromatic rings. The fourth-order valence-corrected chi connectivity index (χ4v) is 3.09. The summed E-state index contributed by atoms with van der Waals surface area (Å²) in [6, 6.07) is 8.44. The number of rotatable bonds is 3. The number of aryl methyl sites for hydroxylation is 1. The molecule has 2 heterocycles. The highest BCUT2D eigenvalue weighted by atomic mass is 35.5. The van der Waals surface area contributed by atoms with Gasteiger partial charge in [-0.05, 0) is 25.5 Å². The molecule has 1 aromatic heterocycles. The summed E-state index contributed by atoms with van der Waals surface area (Å²) in [5.74, 6) is -1.02. The summed E-state index contributed by atoms with van der Waals surface area (Å²) in [5.41, 5.74) is 6.09. The van der Waals surface area contributed by atoms with Crippen LogP contribution in [0.15, 0.2) is 51.0 Å². The summed E-state index contributed by atoms with van der Waals surface area (Å²) in [5, 5.41) is 0.384. The van der Waals surface area contributed by atoms with E-state index in [0.29, 0.717) is 16.3 Å². The van der Waals surface area contributed by atoms with E-state index in [1.807, 2.05) is 0 Å². The number of ether oxygens (including phenoxy) is 2. The van der Waals surface area contributed by atoms with Gasteiger partial charge in [-0.2, -0.15) is 0 Å². The first-order valence-corrected chi connectivity index (χ1v) is 8.05. The third kappa shape index (κ3) is 3.00. The van der Waals surface area contributed by atoms with Crippen LogP contribution >= 0.6 is 11.6 Å². The average molecular weight is 362 g/mol. The van der Waals surface area contributed by atoms with Crippen LogP contribution in [-0.2, 0) is 9.53 Å². The molecule has 0 spiro atoms. The molecular formula is C18H16ClNO5. The molecule has 25 heavy (non-hydrogen) atoms. The van der Waals surface area contributed by atoms with Crippen molar-refractivity contribution in [3.63, 3.8) is 0 Å². The maximum atomic E-state index is 12.5. The summed E-state index contributed by atoms with van der Waals surface area (Å²) in [6.07, 6.45) is 0. The van der Waals surface area contributed by atoms with Crippen LogP contribution in [0.5, 0.6) is 5.75 Å². The highest BCUT2D eigenvalue weighted by molar-refractivity contribution is 6.31. The van der Waals surface area contributed by atoms with E-state index in [-0.39, 0.29) is 29.4 Å². The molecule has 1 unspecified atom stereocenters. The highest BCUT2D eigenvalue weighted by Crippen LogP contribution is 2.43. The van der Waals surface area contributed by atoms with E-state index < -0.39 is 17.5 Å². The summed E-state index contributed by atoms with van der Waals surface area (Å²) in [6.45, 7) is 3.45. The second-order valence-corrected chi connectivity index (χ2v) is 5.88. The molecule has 0 aliphatic carbocycles. The van der Waals surface area contributed by atoms with Gasteiger partial charge in [0.15, 0.2) is 0 Å². The van der Waals surface area contributed by atoms with Crippen molar-refractivity contribution < 1.29 is 18.7 Å². The van der Waals surface area contributed by atoms with Crippen molar-refractivity contribution in [3.8, 4) is 5.75 Å². The number of nitrogens with two attached hydrogens (primary N) is 1. The standard InChI is InChI=1S/C18H16ClNO5/c1-3-23-17(21)15-13(10-6-4-5-7-11(10)19)14-12(25-16(15)20)8-9(2)24-18(14)22/h4-8,13H,3,20H2,1-2H3. The van der Waals surface area contributed by atoms with E-state index in [2.05, 4.69) is 0 Å². The van der Waals surface area contributed by atoms with Gasteiger partial charge in [0.05, 0.1) is 18.1 Å². The van der Waals surface area contributed by atoms with Crippen molar-refractivity contribution in [2.24, 2.45) is 5.73 Å². The SMILES string of the molecule is CCOC(=O)C1=C(N)Oc2cc(C)oc(=O)c2C1c1ccccc1Cl. The van der Waals surface area contributed by atoms with Gasteiger partial charge in [-0.1, -0.05) is 29.8 Å². The van der Waals surface area contributed by atoms with Crippen molar-refractivity contribution in [2.45, 2.75) is 19.8 Å². The lowest BCUT2D eigenvalue weighted by molar-refractivity contribution is -0.139. The number of esters is 1. The maximum absolute atomic E-state index is 12.5. The van der Waals surface area contributed by atoms with Gasteiger partial charge >= 0.3 is 11.6 Å². The molecule has 0 amide bonds. The van der Waals surface area contributed by atoms with Crippen LogP contribution in [0.3, 0.4) is 0 Å². The number of halogens is 1. The smallest absolute Gasteiger partial charge is 0.343 e. The van der Waals surface area contributed by atoms with Gasteiger partial charge in [-0.3, -0.25) is 0 Å². The second-order valence-electron chi connectivity index (χ2n) is 5.48. The monoisotopic (exact) mass is 361 g/mol. The van der Waals surface area contributed by atoms with Crippen LogP contribution in [-0.4, -0.2) is 12.6 Å². The molecule has 1 atom stereocenters. The molecular weight excluding hydrogens is 346 g/mol. The first-order chi connectivity index (χ1) is 11.9. The van der Waals surface area contributed by atoms with E-state index in [1.165, 1.54) is 0 Å². The molecule has 1 aromatic carbocycles. The topological polar surface area (TPSA) is 91.8 Å². The average Bonchev–Trinajstić information content (AvgIpc) is 2.53. The Morgan fingerprint density at radius 1 is 1.36 bits per heavy atom. The molecule has 130 valence electrons. The van der Waals surface area contributed by atoms with Gasteiger partial charge < -0.3 is 19.6 Å². The van der Waals surface area contributed by atoms with Crippen molar-refractivity contribution in [2.75, 3.05) is 6.61 Å². The molecule has 0 fully saturated rings. The zero-order chi connectivity index (χ0) is 18.1. The van der Waals surface area contributed by atoms with Crippen molar-refractivity contribution in [1.82, 2.24) is 0 Å². The Morgan fingerprint density at radius 2 is 2.08 bits per heavy atom. The second kappa shape index (κ2) is 6.64. The number of hydrogen-bond acceptors (Lipinski definition) is 6. The van der Waals surface area contributed by atoms with E-state index in [0.717, 1.165) is 0 Å². The van der Waals surface area contributed by atoms with Crippen molar-refractivity contribution >= 4 is 17.6 Å². The molecule has 7 heteroatoms. The third-order valence-corrected chi connectivity index (χ3v) is 4.19. The van der Waals surface area contributed by atoms with Gasteiger partial charge in [-0.25, -0.2) is 9.59 Å². The number of hydrogen-bond donors (Lipinski definition) is 1. The van der Waals surface area contributed by atoms with E-state index in [9.17, 15) is 9.59 Å². The zero-order valence-electron chi connectivity index (χ0n) is 13.7. The zero-order valence-corrected chi connectivity index (χ0v) is 14.4. The molecule has 0 saturated carbocycles. The lowest BCUT2D eigenvalue weighted by Crippen LogP contribution is -2.31. The Bertz CT molecular complexity index is 931. The quantitative estimate of drug-likeness (QED) is 0.845. The Balaban J connectivity index is 2.30. The minimum absolute atomic E-state index is 0.0265. The number of carbonyl (C=O) groups excluding carboxylic acids is 1. The maximum Gasteiger partial charge on any atom is 0.343 e. The normalized spacial score (nSPS) is 16.2. The van der Waals surface area contributed by atoms with Gasteiger partial charge in [0.2, 0.25) is 5.88 Å². The third-order valence-electron chi connectivity index (χ3n) is 3.85. The van der Waals surface area contributed by atoms with E-state index in [1.54, 1.807) is 44.2 Å². The largest absolute Gasteiger partial charge is 0.462 e. The first kappa shape index (κ1) is 17.1. The van der Waals surface area contributed by atoms with Crippen LogP contribution in [0.25, 0.3) is 0 Å². The Labute approximate surface area is 148 Å². The first-order valence-electron chi connectivity index (χ1n) is 7.67. The van der Waals surface area contributed by atoms with Crippen LogP contribution in [0.4, 0.5) is 0 Å². The van der Waals surface area contributed by atoms with Crippen molar-refractivity contribution in [3.05, 3.63) is 74.1 Å². The van der Waals surface area contributed by atoms with Crippen LogP contribution in [0, 0.1) is 6.92 Å². The highest BCUT2D eigenvalue weighted by Gasteiger charge is 2.39. The van der Waals surface area contributed by atoms with Crippen LogP contribution < -0.4 is 16.1 Å². The fourth-order valence-electron chi connectivity index (χ4n) is 2.85. The number of benzene rings is 1. The predicted molar refractivity (Wildman–Crippen MR) is 91.5 cm³/mol. The summed E-state index contributed by atoms with van der Waals surface area (Å²) in [7, 11) is 0. The number of carbonyl (C=O) groups is 1. The van der Waals surface area contributed by atoms with Crippen LogP contribution in [0.1, 0.15) is 29.7 Å². The van der Waals surface area contributed by atoms with Gasteiger partial charge in [0, 0.05) is 11.1 Å². The summed E-state index contributed by atoms with van der Waals surface area (Å²) < 4.78 is 15.8. The summed E-state index contributed by atoms with van der Waals surface area (Å²) in [4.78, 5) is 25.0. The van der Waals surface area contributed by atoms with Gasteiger partial charge in [0.25, 0.3) is 0 Å². The Morgan fingerprint density at radius 3 is 2.76 bits per heavy atom. The van der Waals surface area contributed by atoms with E-state index >= 15 is 0 Å². The van der Waals surface area contributed by atoms with Gasteiger partial charge in [-0.15, -0.1) is 0 Å². The lowest BCUT2D eigenvalue weighted by Gasteiger charge is -2.27. The molecule has 1 aliphatic rings. The number of fused-ring (bicyclic) bond motifs is 1. The Kier molecular flexibility index (Phi) is 4.55. The van der Waals surface area contributed by atoms with Gasteiger partial charge in [0.1, 0.15) is 17.1 Å².